The number of benzene rings is 1. The van der Waals surface area contributed by atoms with Crippen molar-refractivity contribution in [2.75, 3.05) is 11.9 Å². The molecule has 0 radical (unpaired) electrons. The van der Waals surface area contributed by atoms with E-state index in [1.165, 1.54) is 4.88 Å². The van der Waals surface area contributed by atoms with E-state index in [0.29, 0.717) is 4.99 Å². The molecule has 2 rings (SSSR count). The Hall–Kier alpha value is -1.46. The van der Waals surface area contributed by atoms with Gasteiger partial charge in [-0.15, -0.1) is 11.3 Å². The zero-order valence-corrected chi connectivity index (χ0v) is 11.1. The summed E-state index contributed by atoms with van der Waals surface area (Å²) < 4.78 is 0. The van der Waals surface area contributed by atoms with Crippen LogP contribution in [0.2, 0.25) is 0 Å². The molecule has 0 saturated carbocycles. The third kappa shape index (κ3) is 3.01. The number of aromatic nitrogens is 1. The minimum Gasteiger partial charge on any atom is -0.389 e. The van der Waals surface area contributed by atoms with Crippen LogP contribution in [0.5, 0.6) is 0 Å². The summed E-state index contributed by atoms with van der Waals surface area (Å²) in [5.41, 5.74) is 9.46. The van der Waals surface area contributed by atoms with Crippen molar-refractivity contribution in [3.8, 4) is 0 Å². The molecule has 17 heavy (non-hydrogen) atoms. The summed E-state index contributed by atoms with van der Waals surface area (Å²) in [4.78, 5) is 7.87. The fraction of sp³-hybridized carbons (Fsp3) is 0.167. The van der Waals surface area contributed by atoms with E-state index in [-0.39, 0.29) is 0 Å². The van der Waals surface area contributed by atoms with Crippen molar-refractivity contribution >= 4 is 34.2 Å². The molecule has 3 nitrogen and oxygen atoms in total. The minimum absolute atomic E-state index is 0.429. The molecule has 0 fully saturated rings. The van der Waals surface area contributed by atoms with Crippen molar-refractivity contribution in [1.82, 2.24) is 4.98 Å². The number of nitrogens with two attached hydrogens (primary N) is 1. The minimum atomic E-state index is 0.429. The summed E-state index contributed by atoms with van der Waals surface area (Å²) in [6.07, 6.45) is 1.89. The highest BCUT2D eigenvalue weighted by atomic mass is 32.1. The van der Waals surface area contributed by atoms with Gasteiger partial charge >= 0.3 is 0 Å². The van der Waals surface area contributed by atoms with Crippen LogP contribution < -0.4 is 10.6 Å². The number of hydrogen-bond donors (Lipinski definition) is 1. The Morgan fingerprint density at radius 3 is 3.00 bits per heavy atom. The van der Waals surface area contributed by atoms with Crippen LogP contribution >= 0.6 is 23.6 Å². The SMILES string of the molecule is CN(Cc1cncs1)c1cccc(C(N)=S)c1. The molecule has 1 heterocycles. The van der Waals surface area contributed by atoms with Gasteiger partial charge in [0.2, 0.25) is 0 Å². The summed E-state index contributed by atoms with van der Waals surface area (Å²) in [7, 11) is 2.04. The van der Waals surface area contributed by atoms with Crippen LogP contribution in [-0.2, 0) is 6.54 Å². The molecule has 2 N–H and O–H groups in total. The van der Waals surface area contributed by atoms with E-state index < -0.39 is 0 Å². The molecule has 0 amide bonds. The number of thiocarbonyl (C=S) groups is 1. The number of hydrogen-bond acceptors (Lipinski definition) is 4. The topological polar surface area (TPSA) is 42.2 Å². The van der Waals surface area contributed by atoms with Crippen LogP contribution in [-0.4, -0.2) is 17.0 Å². The van der Waals surface area contributed by atoms with Crippen molar-refractivity contribution in [3.05, 3.63) is 46.4 Å². The first-order valence-corrected chi connectivity index (χ1v) is 6.44. The Labute approximate surface area is 110 Å². The standard InChI is InChI=1S/C12H13N3S2/c1-15(7-11-6-14-8-17-11)10-4-2-3-9(5-10)12(13)16/h2-6,8H,7H2,1H3,(H2,13,16). The van der Waals surface area contributed by atoms with Crippen LogP contribution in [0.15, 0.2) is 36.0 Å². The molecule has 0 unspecified atom stereocenters. The quantitative estimate of drug-likeness (QED) is 0.860. The molecule has 0 aliphatic rings. The highest BCUT2D eigenvalue weighted by Gasteiger charge is 2.05. The lowest BCUT2D eigenvalue weighted by atomic mass is 10.2. The van der Waals surface area contributed by atoms with E-state index in [1.807, 2.05) is 43.0 Å². The largest absolute Gasteiger partial charge is 0.389 e. The number of anilines is 1. The molecule has 0 atom stereocenters. The number of rotatable bonds is 4. The smallest absolute Gasteiger partial charge is 0.104 e. The van der Waals surface area contributed by atoms with Crippen molar-refractivity contribution in [2.24, 2.45) is 5.73 Å². The molecule has 2 aromatic rings. The van der Waals surface area contributed by atoms with Gasteiger partial charge in [-0.3, -0.25) is 4.98 Å². The molecule has 5 heteroatoms. The highest BCUT2D eigenvalue weighted by Crippen LogP contribution is 2.18. The van der Waals surface area contributed by atoms with E-state index in [0.717, 1.165) is 17.8 Å². The molecular formula is C12H13N3S2. The van der Waals surface area contributed by atoms with E-state index in [2.05, 4.69) is 9.88 Å². The van der Waals surface area contributed by atoms with Crippen molar-refractivity contribution < 1.29 is 0 Å². The molecule has 1 aromatic carbocycles. The Kier molecular flexibility index (Phi) is 3.71. The molecule has 0 saturated heterocycles. The third-order valence-electron chi connectivity index (χ3n) is 2.45. The van der Waals surface area contributed by atoms with Gasteiger partial charge in [0.15, 0.2) is 0 Å². The maximum atomic E-state index is 5.62. The van der Waals surface area contributed by atoms with E-state index in [4.69, 9.17) is 18.0 Å². The normalized spacial score (nSPS) is 10.2. The fourth-order valence-electron chi connectivity index (χ4n) is 1.54. The maximum absolute atomic E-state index is 5.62. The first kappa shape index (κ1) is 12.0. The molecule has 0 spiro atoms. The summed E-state index contributed by atoms with van der Waals surface area (Å²) in [5.74, 6) is 0. The van der Waals surface area contributed by atoms with Gasteiger partial charge in [0.25, 0.3) is 0 Å². The molecular weight excluding hydrogens is 250 g/mol. The van der Waals surface area contributed by atoms with Crippen molar-refractivity contribution in [3.63, 3.8) is 0 Å². The van der Waals surface area contributed by atoms with Crippen LogP contribution in [0.1, 0.15) is 10.4 Å². The predicted molar refractivity (Wildman–Crippen MR) is 76.6 cm³/mol. The van der Waals surface area contributed by atoms with Gasteiger partial charge in [0.05, 0.1) is 12.1 Å². The third-order valence-corrected chi connectivity index (χ3v) is 3.45. The van der Waals surface area contributed by atoms with Gasteiger partial charge in [-0.05, 0) is 12.1 Å². The summed E-state index contributed by atoms with van der Waals surface area (Å²) >= 11 is 6.63. The Morgan fingerprint density at radius 1 is 1.53 bits per heavy atom. The van der Waals surface area contributed by atoms with Crippen LogP contribution in [0, 0.1) is 0 Å². The average molecular weight is 263 g/mol. The molecule has 0 aliphatic carbocycles. The van der Waals surface area contributed by atoms with Crippen molar-refractivity contribution in [2.45, 2.75) is 6.54 Å². The predicted octanol–water partition coefficient (Wildman–Crippen LogP) is 2.41. The van der Waals surface area contributed by atoms with Crippen molar-refractivity contribution in [1.29, 1.82) is 0 Å². The van der Waals surface area contributed by atoms with Crippen LogP contribution in [0.25, 0.3) is 0 Å². The first-order chi connectivity index (χ1) is 8.16. The lowest BCUT2D eigenvalue weighted by molar-refractivity contribution is 0.937. The Morgan fingerprint density at radius 2 is 2.35 bits per heavy atom. The second-order valence-electron chi connectivity index (χ2n) is 3.74. The van der Waals surface area contributed by atoms with Gasteiger partial charge in [-0.25, -0.2) is 0 Å². The van der Waals surface area contributed by atoms with E-state index in [1.54, 1.807) is 11.3 Å². The zero-order valence-electron chi connectivity index (χ0n) is 9.46. The summed E-state index contributed by atoms with van der Waals surface area (Å²) in [6, 6.07) is 7.94. The maximum Gasteiger partial charge on any atom is 0.104 e. The molecule has 1 aromatic heterocycles. The second kappa shape index (κ2) is 5.25. The Bertz CT molecular complexity index is 508. The summed E-state index contributed by atoms with van der Waals surface area (Å²) in [6.45, 7) is 0.839. The van der Waals surface area contributed by atoms with E-state index in [9.17, 15) is 0 Å². The lowest BCUT2D eigenvalue weighted by Crippen LogP contribution is -2.17. The summed E-state index contributed by atoms with van der Waals surface area (Å²) in [5, 5.41) is 0. The van der Waals surface area contributed by atoms with Crippen LogP contribution in [0.4, 0.5) is 5.69 Å². The van der Waals surface area contributed by atoms with Gasteiger partial charge < -0.3 is 10.6 Å². The number of nitrogens with zero attached hydrogens (tertiary/aromatic N) is 2. The monoisotopic (exact) mass is 263 g/mol. The average Bonchev–Trinajstić information content (AvgIpc) is 2.82. The molecule has 88 valence electrons. The molecule has 0 bridgehead atoms. The van der Waals surface area contributed by atoms with Gasteiger partial charge in [-0.1, -0.05) is 24.4 Å². The first-order valence-electron chi connectivity index (χ1n) is 5.15. The Balaban J connectivity index is 2.16. The van der Waals surface area contributed by atoms with Gasteiger partial charge in [0, 0.05) is 29.4 Å². The van der Waals surface area contributed by atoms with Crippen LogP contribution in [0.3, 0.4) is 0 Å². The highest BCUT2D eigenvalue weighted by molar-refractivity contribution is 7.80. The van der Waals surface area contributed by atoms with Gasteiger partial charge in [-0.2, -0.15) is 0 Å². The lowest BCUT2D eigenvalue weighted by Gasteiger charge is -2.18. The van der Waals surface area contributed by atoms with E-state index >= 15 is 0 Å². The zero-order chi connectivity index (χ0) is 12.3. The van der Waals surface area contributed by atoms with Gasteiger partial charge in [0.1, 0.15) is 4.99 Å². The molecule has 0 aliphatic heterocycles. The second-order valence-corrected chi connectivity index (χ2v) is 5.15. The fourth-order valence-corrected chi connectivity index (χ4v) is 2.32. The number of thiazole rings is 1.